The number of nitrogen functional groups attached to an aromatic ring is 1. The van der Waals surface area contributed by atoms with E-state index in [0.29, 0.717) is 5.56 Å². The van der Waals surface area contributed by atoms with Crippen LogP contribution in [0.3, 0.4) is 0 Å². The van der Waals surface area contributed by atoms with Crippen LogP contribution in [-0.2, 0) is 16.1 Å². The van der Waals surface area contributed by atoms with Crippen molar-refractivity contribution in [3.63, 3.8) is 0 Å². The summed E-state index contributed by atoms with van der Waals surface area (Å²) < 4.78 is 5.04. The molecule has 1 aromatic rings. The van der Waals surface area contributed by atoms with Gasteiger partial charge in [0.1, 0.15) is 0 Å². The van der Waals surface area contributed by atoms with Gasteiger partial charge in [-0.3, -0.25) is 30.0 Å². The highest BCUT2D eigenvalue weighted by molar-refractivity contribution is 6.00. The van der Waals surface area contributed by atoms with E-state index in [1.807, 2.05) is 5.43 Å². The van der Waals surface area contributed by atoms with Crippen LogP contribution in [0.15, 0.2) is 16.7 Å². The molecule has 8 nitrogen and oxygen atoms in total. The number of piperazine rings is 1. The number of hydrogen-bond donors (Lipinski definition) is 3. The summed E-state index contributed by atoms with van der Waals surface area (Å²) in [5, 5.41) is 2.24. The van der Waals surface area contributed by atoms with Crippen LogP contribution in [0.5, 0.6) is 0 Å². The fraction of sp³-hybridized carbons (Fsp3) is 0.364. The van der Waals surface area contributed by atoms with E-state index in [1.165, 1.54) is 6.26 Å². The third-order valence-electron chi connectivity index (χ3n) is 2.99. The number of hydrogen-bond acceptors (Lipinski definition) is 6. The van der Waals surface area contributed by atoms with Crippen LogP contribution in [0.2, 0.25) is 0 Å². The number of nitrogens with one attached hydrogen (secondary N) is 2. The standard InChI is InChI=1S/C11H14N4O4/c1-6-10(17)13-8(16)5-15(6)4-7-2-3-19-9(7)11(18)14-12/h2-3,6H,4-5,12H2,1H3,(H,14,18)(H,13,16,17). The van der Waals surface area contributed by atoms with Gasteiger partial charge >= 0.3 is 5.91 Å². The maximum atomic E-state index is 11.5. The van der Waals surface area contributed by atoms with Crippen molar-refractivity contribution in [2.45, 2.75) is 19.5 Å². The Morgan fingerprint density at radius 3 is 3.05 bits per heavy atom. The summed E-state index contributed by atoms with van der Waals surface area (Å²) in [6.45, 7) is 2.02. The molecule has 0 spiro atoms. The largest absolute Gasteiger partial charge is 0.459 e. The van der Waals surface area contributed by atoms with E-state index in [9.17, 15) is 14.4 Å². The van der Waals surface area contributed by atoms with Gasteiger partial charge in [-0.2, -0.15) is 0 Å². The molecule has 3 amide bonds. The monoisotopic (exact) mass is 266 g/mol. The van der Waals surface area contributed by atoms with Gasteiger partial charge in [-0.15, -0.1) is 0 Å². The van der Waals surface area contributed by atoms with Crippen molar-refractivity contribution in [1.82, 2.24) is 15.6 Å². The van der Waals surface area contributed by atoms with E-state index < -0.39 is 11.9 Å². The van der Waals surface area contributed by atoms with Crippen molar-refractivity contribution in [2.24, 2.45) is 5.84 Å². The topological polar surface area (TPSA) is 118 Å². The number of rotatable bonds is 3. The second-order valence-corrected chi connectivity index (χ2v) is 4.24. The Morgan fingerprint density at radius 2 is 2.37 bits per heavy atom. The van der Waals surface area contributed by atoms with E-state index in [-0.39, 0.29) is 30.7 Å². The van der Waals surface area contributed by atoms with Crippen LogP contribution in [0.4, 0.5) is 0 Å². The van der Waals surface area contributed by atoms with Crippen LogP contribution in [-0.4, -0.2) is 35.2 Å². The first-order chi connectivity index (χ1) is 9.02. The number of amides is 3. The molecule has 4 N–H and O–H groups in total. The second-order valence-electron chi connectivity index (χ2n) is 4.24. The van der Waals surface area contributed by atoms with Gasteiger partial charge < -0.3 is 4.42 Å². The van der Waals surface area contributed by atoms with Gasteiger partial charge in [-0.1, -0.05) is 0 Å². The lowest BCUT2D eigenvalue weighted by atomic mass is 10.1. The van der Waals surface area contributed by atoms with Crippen molar-refractivity contribution in [3.8, 4) is 0 Å². The van der Waals surface area contributed by atoms with Crippen molar-refractivity contribution in [1.29, 1.82) is 0 Å². The molecule has 1 aliphatic heterocycles. The lowest BCUT2D eigenvalue weighted by Gasteiger charge is -2.31. The summed E-state index contributed by atoms with van der Waals surface area (Å²) in [5.41, 5.74) is 2.54. The van der Waals surface area contributed by atoms with Crippen LogP contribution < -0.4 is 16.6 Å². The van der Waals surface area contributed by atoms with Crippen molar-refractivity contribution < 1.29 is 18.8 Å². The molecule has 8 heteroatoms. The molecule has 1 unspecified atom stereocenters. The molecule has 0 radical (unpaired) electrons. The Bertz CT molecular complexity index is 525. The molecule has 1 aromatic heterocycles. The molecule has 0 aromatic carbocycles. The van der Waals surface area contributed by atoms with Crippen LogP contribution in [0.1, 0.15) is 23.0 Å². The zero-order valence-corrected chi connectivity index (χ0v) is 10.3. The highest BCUT2D eigenvalue weighted by Crippen LogP contribution is 2.16. The highest BCUT2D eigenvalue weighted by atomic mass is 16.3. The lowest BCUT2D eigenvalue weighted by Crippen LogP contribution is -2.56. The zero-order chi connectivity index (χ0) is 14.0. The predicted octanol–water partition coefficient (Wildman–Crippen LogP) is -1.27. The van der Waals surface area contributed by atoms with Crippen LogP contribution in [0, 0.1) is 0 Å². The minimum Gasteiger partial charge on any atom is -0.459 e. The predicted molar refractivity (Wildman–Crippen MR) is 63.4 cm³/mol. The highest BCUT2D eigenvalue weighted by Gasteiger charge is 2.31. The molecule has 2 rings (SSSR count). The van der Waals surface area contributed by atoms with Gasteiger partial charge in [0, 0.05) is 12.1 Å². The average Bonchev–Trinajstić information content (AvgIpc) is 2.82. The zero-order valence-electron chi connectivity index (χ0n) is 10.3. The third-order valence-corrected chi connectivity index (χ3v) is 2.99. The number of nitrogens with zero attached hydrogens (tertiary/aromatic N) is 1. The lowest BCUT2D eigenvalue weighted by molar-refractivity contribution is -0.139. The molecule has 2 heterocycles. The van der Waals surface area contributed by atoms with E-state index >= 15 is 0 Å². The van der Waals surface area contributed by atoms with Gasteiger partial charge in [0.25, 0.3) is 0 Å². The van der Waals surface area contributed by atoms with Gasteiger partial charge in [0.05, 0.1) is 18.8 Å². The molecular weight excluding hydrogens is 252 g/mol. The Hall–Kier alpha value is -2.19. The van der Waals surface area contributed by atoms with Gasteiger partial charge in [-0.25, -0.2) is 5.84 Å². The SMILES string of the molecule is CC1C(=O)NC(=O)CN1Cc1ccoc1C(=O)NN. The van der Waals surface area contributed by atoms with E-state index in [4.69, 9.17) is 10.3 Å². The summed E-state index contributed by atoms with van der Waals surface area (Å²) in [7, 11) is 0. The van der Waals surface area contributed by atoms with Gasteiger partial charge in [0.15, 0.2) is 5.76 Å². The summed E-state index contributed by atoms with van der Waals surface area (Å²) in [6.07, 6.45) is 1.36. The molecule has 1 fully saturated rings. The van der Waals surface area contributed by atoms with Crippen LogP contribution in [0.25, 0.3) is 0 Å². The molecule has 1 atom stereocenters. The minimum atomic E-state index is -0.555. The summed E-state index contributed by atoms with van der Waals surface area (Å²) in [5.74, 6) is 3.85. The summed E-state index contributed by atoms with van der Waals surface area (Å²) in [4.78, 5) is 36.0. The Labute approximate surface area is 108 Å². The van der Waals surface area contributed by atoms with E-state index in [1.54, 1.807) is 17.9 Å². The Morgan fingerprint density at radius 1 is 1.63 bits per heavy atom. The first-order valence-corrected chi connectivity index (χ1v) is 5.68. The number of hydrazine groups is 1. The molecule has 1 aliphatic rings. The van der Waals surface area contributed by atoms with Gasteiger partial charge in [-0.05, 0) is 13.0 Å². The quantitative estimate of drug-likeness (QED) is 0.272. The Balaban J connectivity index is 2.16. The fourth-order valence-corrected chi connectivity index (χ4v) is 1.91. The van der Waals surface area contributed by atoms with Crippen molar-refractivity contribution >= 4 is 17.7 Å². The normalized spacial score (nSPS) is 20.2. The molecule has 19 heavy (non-hydrogen) atoms. The first kappa shape index (κ1) is 13.2. The smallest absolute Gasteiger partial charge is 0.301 e. The number of imide groups is 1. The van der Waals surface area contributed by atoms with Crippen molar-refractivity contribution in [3.05, 3.63) is 23.7 Å². The van der Waals surface area contributed by atoms with E-state index in [2.05, 4.69) is 5.32 Å². The van der Waals surface area contributed by atoms with Gasteiger partial charge in [0.2, 0.25) is 11.8 Å². The number of furan rings is 1. The number of nitrogens with two attached hydrogens (primary N) is 1. The van der Waals surface area contributed by atoms with Crippen LogP contribution >= 0.6 is 0 Å². The minimum absolute atomic E-state index is 0.0770. The van der Waals surface area contributed by atoms with E-state index in [0.717, 1.165) is 0 Å². The summed E-state index contributed by atoms with van der Waals surface area (Å²) in [6, 6.07) is 1.15. The summed E-state index contributed by atoms with van der Waals surface area (Å²) >= 11 is 0. The fourth-order valence-electron chi connectivity index (χ4n) is 1.91. The molecule has 0 bridgehead atoms. The maximum absolute atomic E-state index is 11.5. The molecule has 102 valence electrons. The number of carbonyl (C=O) groups is 3. The Kier molecular flexibility index (Phi) is 3.63. The van der Waals surface area contributed by atoms with Crippen molar-refractivity contribution in [2.75, 3.05) is 6.54 Å². The molecule has 0 aliphatic carbocycles. The maximum Gasteiger partial charge on any atom is 0.301 e. The molecular formula is C11H14N4O4. The molecule has 0 saturated carbocycles. The third kappa shape index (κ3) is 2.64. The second kappa shape index (κ2) is 5.21. The molecule has 1 saturated heterocycles. The number of carbonyl (C=O) groups excluding carboxylic acids is 3. The average molecular weight is 266 g/mol. The first-order valence-electron chi connectivity index (χ1n) is 5.68.